The zero-order valence-electron chi connectivity index (χ0n) is 12.9. The summed E-state index contributed by atoms with van der Waals surface area (Å²) < 4.78 is 35.9. The van der Waals surface area contributed by atoms with Crippen LogP contribution in [0.15, 0.2) is 0 Å². The number of ether oxygens (including phenoxy) is 2. The number of hydrogen-bond acceptors (Lipinski definition) is 5. The van der Waals surface area contributed by atoms with Crippen LogP contribution in [0.4, 0.5) is 0 Å². The Morgan fingerprint density at radius 1 is 1.23 bits per heavy atom. The van der Waals surface area contributed by atoms with Gasteiger partial charge in [-0.1, -0.05) is 0 Å². The van der Waals surface area contributed by atoms with Gasteiger partial charge in [-0.2, -0.15) is 0 Å². The zero-order chi connectivity index (χ0) is 15.7. The first-order valence-electron chi connectivity index (χ1n) is 7.87. The van der Waals surface area contributed by atoms with Crippen molar-refractivity contribution in [2.75, 3.05) is 52.3 Å². The minimum absolute atomic E-state index is 0.0675. The third-order valence-electron chi connectivity index (χ3n) is 4.97. The van der Waals surface area contributed by atoms with Crippen LogP contribution < -0.4 is 0 Å². The minimum atomic E-state index is -3.13. The Balaban J connectivity index is 1.56. The topological polar surface area (TPSA) is 76.2 Å². The lowest BCUT2D eigenvalue weighted by atomic mass is 9.84. The molecule has 0 radical (unpaired) electrons. The van der Waals surface area contributed by atoms with Crippen molar-refractivity contribution in [1.82, 2.24) is 9.21 Å². The van der Waals surface area contributed by atoms with Crippen LogP contribution in [0.1, 0.15) is 12.8 Å². The maximum absolute atomic E-state index is 12.3. The van der Waals surface area contributed by atoms with E-state index in [-0.39, 0.29) is 17.9 Å². The van der Waals surface area contributed by atoms with E-state index in [4.69, 9.17) is 9.47 Å². The van der Waals surface area contributed by atoms with Crippen molar-refractivity contribution < 1.29 is 22.7 Å². The molecule has 8 heteroatoms. The fraction of sp³-hybridized carbons (Fsp3) is 0.929. The number of carbonyl (C=O) groups is 1. The zero-order valence-corrected chi connectivity index (χ0v) is 13.8. The van der Waals surface area contributed by atoms with E-state index >= 15 is 0 Å². The van der Waals surface area contributed by atoms with Crippen LogP contribution in [0.25, 0.3) is 0 Å². The molecule has 0 bridgehead atoms. The summed E-state index contributed by atoms with van der Waals surface area (Å²) >= 11 is 0. The standard InChI is InChI=1S/C14H24N2O5S/c1-22(18,19)16-3-2-12-11(9-16)10-21-13(12)8-14(17)15-4-6-20-7-5-15/h11-13H,2-10H2,1H3/t11-,12-,13+/m1/s1. The second kappa shape index (κ2) is 6.43. The lowest BCUT2D eigenvalue weighted by molar-refractivity contribution is -0.138. The van der Waals surface area contributed by atoms with Crippen molar-refractivity contribution in [2.45, 2.75) is 18.9 Å². The van der Waals surface area contributed by atoms with Gasteiger partial charge in [0, 0.05) is 32.1 Å². The Morgan fingerprint density at radius 2 is 1.95 bits per heavy atom. The average molecular weight is 332 g/mol. The molecule has 0 aromatic carbocycles. The quantitative estimate of drug-likeness (QED) is 0.698. The number of piperidine rings is 1. The van der Waals surface area contributed by atoms with E-state index in [1.165, 1.54) is 10.6 Å². The third-order valence-corrected chi connectivity index (χ3v) is 6.24. The van der Waals surface area contributed by atoms with Crippen LogP contribution in [-0.2, 0) is 24.3 Å². The third kappa shape index (κ3) is 3.45. The number of nitrogens with zero attached hydrogens (tertiary/aromatic N) is 2. The van der Waals surface area contributed by atoms with Crippen molar-refractivity contribution >= 4 is 15.9 Å². The molecule has 0 aliphatic carbocycles. The lowest BCUT2D eigenvalue weighted by Gasteiger charge is -2.34. The maximum atomic E-state index is 12.3. The van der Waals surface area contributed by atoms with Gasteiger partial charge in [0.1, 0.15) is 0 Å². The number of hydrogen-bond donors (Lipinski definition) is 0. The van der Waals surface area contributed by atoms with Gasteiger partial charge in [0.25, 0.3) is 0 Å². The van der Waals surface area contributed by atoms with E-state index in [2.05, 4.69) is 0 Å². The normalized spacial score (nSPS) is 33.7. The predicted octanol–water partition coefficient (Wildman–Crippen LogP) is -0.468. The molecule has 3 heterocycles. The predicted molar refractivity (Wildman–Crippen MR) is 79.8 cm³/mol. The minimum Gasteiger partial charge on any atom is -0.378 e. The maximum Gasteiger partial charge on any atom is 0.225 e. The smallest absolute Gasteiger partial charge is 0.225 e. The molecule has 22 heavy (non-hydrogen) atoms. The van der Waals surface area contributed by atoms with Crippen molar-refractivity contribution in [1.29, 1.82) is 0 Å². The Bertz CT molecular complexity index is 517. The molecule has 1 amide bonds. The van der Waals surface area contributed by atoms with Crippen molar-refractivity contribution in [3.05, 3.63) is 0 Å². The number of carbonyl (C=O) groups excluding carboxylic acids is 1. The molecular weight excluding hydrogens is 308 g/mol. The summed E-state index contributed by atoms with van der Waals surface area (Å²) in [6, 6.07) is 0. The summed E-state index contributed by atoms with van der Waals surface area (Å²) in [7, 11) is -3.13. The van der Waals surface area contributed by atoms with Crippen molar-refractivity contribution in [2.24, 2.45) is 11.8 Å². The van der Waals surface area contributed by atoms with Gasteiger partial charge in [0.05, 0.1) is 38.6 Å². The summed E-state index contributed by atoms with van der Waals surface area (Å²) in [6.45, 7) is 4.12. The number of fused-ring (bicyclic) bond motifs is 1. The van der Waals surface area contributed by atoms with Gasteiger partial charge in [-0.25, -0.2) is 12.7 Å². The molecule has 3 aliphatic heterocycles. The van der Waals surface area contributed by atoms with Crippen LogP contribution in [0.5, 0.6) is 0 Å². The van der Waals surface area contributed by atoms with E-state index in [9.17, 15) is 13.2 Å². The van der Waals surface area contributed by atoms with E-state index in [0.717, 1.165) is 6.42 Å². The SMILES string of the molecule is CS(=O)(=O)N1CC[C@@H]2[C@@H](CO[C@H]2CC(=O)N2CCOCC2)C1. The summed E-state index contributed by atoms with van der Waals surface area (Å²) in [4.78, 5) is 14.2. The first-order valence-corrected chi connectivity index (χ1v) is 9.72. The molecule has 0 N–H and O–H groups in total. The van der Waals surface area contributed by atoms with E-state index < -0.39 is 10.0 Å². The molecule has 3 atom stereocenters. The molecule has 0 unspecified atom stereocenters. The van der Waals surface area contributed by atoms with Crippen molar-refractivity contribution in [3.8, 4) is 0 Å². The fourth-order valence-electron chi connectivity index (χ4n) is 3.68. The largest absolute Gasteiger partial charge is 0.378 e. The van der Waals surface area contributed by atoms with Gasteiger partial charge < -0.3 is 14.4 Å². The molecule has 126 valence electrons. The van der Waals surface area contributed by atoms with Gasteiger partial charge in [0.15, 0.2) is 0 Å². The Morgan fingerprint density at radius 3 is 2.64 bits per heavy atom. The molecule has 3 saturated heterocycles. The molecule has 0 aromatic rings. The van der Waals surface area contributed by atoms with Gasteiger partial charge in [0.2, 0.25) is 15.9 Å². The van der Waals surface area contributed by atoms with Crippen LogP contribution >= 0.6 is 0 Å². The summed E-state index contributed by atoms with van der Waals surface area (Å²) in [5, 5.41) is 0. The van der Waals surface area contributed by atoms with E-state index in [1.54, 1.807) is 0 Å². The van der Waals surface area contributed by atoms with Crippen LogP contribution in [0.2, 0.25) is 0 Å². The molecule has 0 saturated carbocycles. The Hall–Kier alpha value is -0.700. The second-order valence-corrected chi connectivity index (χ2v) is 8.39. The van der Waals surface area contributed by atoms with Gasteiger partial charge in [-0.05, 0) is 12.3 Å². The summed E-state index contributed by atoms with van der Waals surface area (Å²) in [6.07, 6.45) is 2.36. The first-order chi connectivity index (χ1) is 10.4. The van der Waals surface area contributed by atoms with Crippen LogP contribution in [-0.4, -0.2) is 81.9 Å². The van der Waals surface area contributed by atoms with Gasteiger partial charge in [-0.3, -0.25) is 4.79 Å². The van der Waals surface area contributed by atoms with Crippen LogP contribution in [0.3, 0.4) is 0 Å². The number of rotatable bonds is 3. The van der Waals surface area contributed by atoms with Crippen molar-refractivity contribution in [3.63, 3.8) is 0 Å². The highest BCUT2D eigenvalue weighted by Crippen LogP contribution is 2.36. The molecule has 0 aromatic heterocycles. The van der Waals surface area contributed by atoms with Gasteiger partial charge >= 0.3 is 0 Å². The number of amides is 1. The van der Waals surface area contributed by atoms with E-state index in [1.807, 2.05) is 4.90 Å². The van der Waals surface area contributed by atoms with E-state index in [0.29, 0.717) is 58.3 Å². The lowest BCUT2D eigenvalue weighted by Crippen LogP contribution is -2.45. The summed E-state index contributed by atoms with van der Waals surface area (Å²) in [5.41, 5.74) is 0. The van der Waals surface area contributed by atoms with Gasteiger partial charge in [-0.15, -0.1) is 0 Å². The molecular formula is C14H24N2O5S. The second-order valence-electron chi connectivity index (χ2n) is 6.40. The molecule has 3 fully saturated rings. The number of sulfonamides is 1. The van der Waals surface area contributed by atoms with Crippen LogP contribution in [0, 0.1) is 11.8 Å². The Kier molecular flexibility index (Phi) is 4.72. The molecule has 7 nitrogen and oxygen atoms in total. The highest BCUT2D eigenvalue weighted by molar-refractivity contribution is 7.88. The monoisotopic (exact) mass is 332 g/mol. The molecule has 3 aliphatic rings. The molecule has 3 rings (SSSR count). The number of morpholine rings is 1. The fourth-order valence-corrected chi connectivity index (χ4v) is 4.58. The summed E-state index contributed by atoms with van der Waals surface area (Å²) in [5.74, 6) is 0.633. The molecule has 0 spiro atoms. The Labute approximate surface area is 131 Å². The first kappa shape index (κ1) is 16.2. The highest BCUT2D eigenvalue weighted by Gasteiger charge is 2.43. The highest BCUT2D eigenvalue weighted by atomic mass is 32.2. The average Bonchev–Trinajstić information content (AvgIpc) is 2.89.